The van der Waals surface area contributed by atoms with Crippen LogP contribution in [0.3, 0.4) is 0 Å². The summed E-state index contributed by atoms with van der Waals surface area (Å²) in [6.07, 6.45) is 1.73. The van der Waals surface area contributed by atoms with Crippen LogP contribution in [0.2, 0.25) is 0 Å². The summed E-state index contributed by atoms with van der Waals surface area (Å²) in [5, 5.41) is 16.8. The first kappa shape index (κ1) is 13.3. The number of methoxy groups -OCH3 is 1. The van der Waals surface area contributed by atoms with Crippen LogP contribution in [-0.2, 0) is 0 Å². The summed E-state index contributed by atoms with van der Waals surface area (Å²) in [5.74, 6) is 0.447. The highest BCUT2D eigenvalue weighted by atomic mass is 32.1. The van der Waals surface area contributed by atoms with E-state index in [9.17, 15) is 10.1 Å². The molecule has 100 valence electrons. The van der Waals surface area contributed by atoms with E-state index >= 15 is 0 Å². The molecule has 2 aromatic rings. The number of ether oxygens (including phenoxy) is 1. The molecule has 1 unspecified atom stereocenters. The van der Waals surface area contributed by atoms with Gasteiger partial charge in [0.25, 0.3) is 5.69 Å². The molecule has 0 amide bonds. The van der Waals surface area contributed by atoms with Crippen molar-refractivity contribution in [2.24, 2.45) is 0 Å². The van der Waals surface area contributed by atoms with Gasteiger partial charge in [0.05, 0.1) is 24.1 Å². The molecule has 1 heterocycles. The van der Waals surface area contributed by atoms with Crippen molar-refractivity contribution in [1.82, 2.24) is 4.98 Å². The summed E-state index contributed by atoms with van der Waals surface area (Å²) >= 11 is 1.53. The van der Waals surface area contributed by atoms with Crippen LogP contribution in [0.25, 0.3) is 0 Å². The highest BCUT2D eigenvalue weighted by Crippen LogP contribution is 2.28. The van der Waals surface area contributed by atoms with Crippen molar-refractivity contribution in [1.29, 1.82) is 0 Å². The minimum absolute atomic E-state index is 0.00631. The van der Waals surface area contributed by atoms with Gasteiger partial charge in [-0.15, -0.1) is 11.3 Å². The molecular formula is C12H13N3O3S. The van der Waals surface area contributed by atoms with Gasteiger partial charge in [-0.05, 0) is 6.92 Å². The number of nitro benzene ring substituents is 1. The fourth-order valence-electron chi connectivity index (χ4n) is 1.65. The van der Waals surface area contributed by atoms with Crippen molar-refractivity contribution in [2.75, 3.05) is 12.4 Å². The van der Waals surface area contributed by atoms with Crippen LogP contribution in [-0.4, -0.2) is 17.0 Å². The summed E-state index contributed by atoms with van der Waals surface area (Å²) < 4.78 is 5.06. The third kappa shape index (κ3) is 3.19. The van der Waals surface area contributed by atoms with Crippen molar-refractivity contribution in [3.8, 4) is 5.75 Å². The average molecular weight is 279 g/mol. The summed E-state index contributed by atoms with van der Waals surface area (Å²) in [6.45, 7) is 1.95. The fourth-order valence-corrected chi connectivity index (χ4v) is 2.30. The molecule has 0 bridgehead atoms. The largest absolute Gasteiger partial charge is 0.496 e. The molecule has 0 fully saturated rings. The van der Waals surface area contributed by atoms with Gasteiger partial charge in [0.2, 0.25) is 0 Å². The van der Waals surface area contributed by atoms with Crippen LogP contribution in [0.4, 0.5) is 11.4 Å². The van der Waals surface area contributed by atoms with E-state index in [1.165, 1.54) is 30.6 Å². The van der Waals surface area contributed by atoms with E-state index < -0.39 is 4.92 Å². The molecule has 2 rings (SSSR count). The number of nitro groups is 1. The Morgan fingerprint density at radius 3 is 2.84 bits per heavy atom. The lowest BCUT2D eigenvalue weighted by Gasteiger charge is -2.13. The number of hydrogen-bond acceptors (Lipinski definition) is 6. The van der Waals surface area contributed by atoms with Gasteiger partial charge in [-0.1, -0.05) is 0 Å². The first-order valence-corrected chi connectivity index (χ1v) is 6.47. The van der Waals surface area contributed by atoms with E-state index in [4.69, 9.17) is 4.74 Å². The predicted octanol–water partition coefficient (Wildman–Crippen LogP) is 3.23. The molecule has 1 N–H and O–H groups in total. The first-order valence-electron chi connectivity index (χ1n) is 5.59. The molecular weight excluding hydrogens is 266 g/mol. The van der Waals surface area contributed by atoms with Gasteiger partial charge in [-0.2, -0.15) is 0 Å². The summed E-state index contributed by atoms with van der Waals surface area (Å²) in [4.78, 5) is 14.6. The quantitative estimate of drug-likeness (QED) is 0.671. The second kappa shape index (κ2) is 5.66. The third-order valence-corrected chi connectivity index (χ3v) is 3.50. The molecule has 1 aromatic carbocycles. The zero-order valence-corrected chi connectivity index (χ0v) is 11.3. The molecule has 0 saturated carbocycles. The minimum atomic E-state index is -0.443. The van der Waals surface area contributed by atoms with Gasteiger partial charge in [0.15, 0.2) is 0 Å². The van der Waals surface area contributed by atoms with Gasteiger partial charge < -0.3 is 10.1 Å². The number of aromatic nitrogens is 1. The maximum absolute atomic E-state index is 10.8. The van der Waals surface area contributed by atoms with E-state index in [-0.39, 0.29) is 11.7 Å². The topological polar surface area (TPSA) is 77.3 Å². The van der Waals surface area contributed by atoms with Crippen molar-refractivity contribution in [2.45, 2.75) is 13.0 Å². The number of hydrogen-bond donors (Lipinski definition) is 1. The van der Waals surface area contributed by atoms with E-state index in [1.54, 1.807) is 12.3 Å². The Kier molecular flexibility index (Phi) is 3.96. The normalized spacial score (nSPS) is 11.9. The van der Waals surface area contributed by atoms with Gasteiger partial charge in [-0.25, -0.2) is 4.98 Å². The van der Waals surface area contributed by atoms with Crippen LogP contribution in [0.15, 0.2) is 29.8 Å². The minimum Gasteiger partial charge on any atom is -0.496 e. The van der Waals surface area contributed by atoms with Crippen molar-refractivity contribution in [3.63, 3.8) is 0 Å². The van der Waals surface area contributed by atoms with Crippen LogP contribution in [0, 0.1) is 10.1 Å². The Labute approximate surface area is 114 Å². The molecule has 19 heavy (non-hydrogen) atoms. The van der Waals surface area contributed by atoms with Crippen LogP contribution in [0.1, 0.15) is 18.0 Å². The second-order valence-electron chi connectivity index (χ2n) is 3.91. The van der Waals surface area contributed by atoms with Crippen LogP contribution < -0.4 is 10.1 Å². The van der Waals surface area contributed by atoms with E-state index in [2.05, 4.69) is 10.3 Å². The maximum atomic E-state index is 10.8. The third-order valence-electron chi connectivity index (χ3n) is 2.54. The molecule has 0 radical (unpaired) electrons. The maximum Gasteiger partial charge on any atom is 0.275 e. The standard InChI is InChI=1S/C12H13N3O3S/c1-8(12-13-3-4-19-12)14-9-5-10(15(16)17)7-11(6-9)18-2/h3-8,14H,1-2H3. The van der Waals surface area contributed by atoms with Gasteiger partial charge in [-0.3, -0.25) is 10.1 Å². The Morgan fingerprint density at radius 1 is 1.47 bits per heavy atom. The smallest absolute Gasteiger partial charge is 0.275 e. The monoisotopic (exact) mass is 279 g/mol. The molecule has 0 aliphatic heterocycles. The Balaban J connectivity index is 2.24. The number of nitrogens with zero attached hydrogens (tertiary/aromatic N) is 2. The molecule has 7 heteroatoms. The number of rotatable bonds is 5. The number of non-ortho nitro benzene ring substituents is 1. The van der Waals surface area contributed by atoms with Crippen LogP contribution >= 0.6 is 11.3 Å². The van der Waals surface area contributed by atoms with Crippen molar-refractivity contribution >= 4 is 22.7 Å². The highest BCUT2D eigenvalue weighted by Gasteiger charge is 2.13. The average Bonchev–Trinajstić information content (AvgIpc) is 2.92. The molecule has 0 spiro atoms. The molecule has 6 nitrogen and oxygen atoms in total. The fraction of sp³-hybridized carbons (Fsp3) is 0.250. The lowest BCUT2D eigenvalue weighted by Crippen LogP contribution is -2.06. The van der Waals surface area contributed by atoms with Crippen molar-refractivity contribution < 1.29 is 9.66 Å². The predicted molar refractivity (Wildman–Crippen MR) is 73.8 cm³/mol. The Hall–Kier alpha value is -2.15. The lowest BCUT2D eigenvalue weighted by molar-refractivity contribution is -0.384. The lowest BCUT2D eigenvalue weighted by atomic mass is 10.2. The zero-order valence-electron chi connectivity index (χ0n) is 10.5. The summed E-state index contributed by atoms with van der Waals surface area (Å²) in [7, 11) is 1.48. The SMILES string of the molecule is COc1cc(NC(C)c2nccs2)cc([N+](=O)[O-])c1. The van der Waals surface area contributed by atoms with E-state index in [1.807, 2.05) is 12.3 Å². The number of thiazole rings is 1. The second-order valence-corrected chi connectivity index (χ2v) is 4.84. The molecule has 1 aromatic heterocycles. The Morgan fingerprint density at radius 2 is 2.26 bits per heavy atom. The van der Waals surface area contributed by atoms with Gasteiger partial charge >= 0.3 is 0 Å². The summed E-state index contributed by atoms with van der Waals surface area (Å²) in [5.41, 5.74) is 0.627. The highest BCUT2D eigenvalue weighted by molar-refractivity contribution is 7.09. The molecule has 0 saturated heterocycles. The molecule has 0 aliphatic carbocycles. The van der Waals surface area contributed by atoms with Crippen LogP contribution in [0.5, 0.6) is 5.75 Å². The zero-order chi connectivity index (χ0) is 13.8. The van der Waals surface area contributed by atoms with Gasteiger partial charge in [0.1, 0.15) is 10.8 Å². The van der Waals surface area contributed by atoms with Gasteiger partial charge in [0, 0.05) is 29.4 Å². The first-order chi connectivity index (χ1) is 9.10. The number of benzene rings is 1. The molecule has 0 aliphatic rings. The molecule has 1 atom stereocenters. The van der Waals surface area contributed by atoms with E-state index in [0.717, 1.165) is 5.01 Å². The number of anilines is 1. The van der Waals surface area contributed by atoms with Crippen molar-refractivity contribution in [3.05, 3.63) is 44.9 Å². The number of nitrogens with one attached hydrogen (secondary N) is 1. The van der Waals surface area contributed by atoms with E-state index in [0.29, 0.717) is 11.4 Å². The summed E-state index contributed by atoms with van der Waals surface area (Å²) in [6, 6.07) is 4.56. The Bertz CT molecular complexity index is 572.